The molecule has 3 aromatic rings. The number of nitrogens with zero attached hydrogens (tertiary/aromatic N) is 3. The number of benzene rings is 1. The van der Waals surface area contributed by atoms with Crippen LogP contribution < -0.4 is 10.0 Å². The van der Waals surface area contributed by atoms with Crippen molar-refractivity contribution in [2.45, 2.75) is 18.0 Å². The van der Waals surface area contributed by atoms with Crippen molar-refractivity contribution in [3.05, 3.63) is 69.4 Å². The first kappa shape index (κ1) is 20.3. The van der Waals surface area contributed by atoms with Gasteiger partial charge >= 0.3 is 0 Å². The summed E-state index contributed by atoms with van der Waals surface area (Å²) in [5.41, 5.74) is 0.390. The van der Waals surface area contributed by atoms with E-state index in [1.54, 1.807) is 11.6 Å². The first-order chi connectivity index (χ1) is 13.3. The number of sulfonamides is 1. The molecular weight excluding hydrogens is 429 g/mol. The molecule has 2 heterocycles. The summed E-state index contributed by atoms with van der Waals surface area (Å²) in [4.78, 5) is 23.9. The lowest BCUT2D eigenvalue weighted by molar-refractivity contribution is 0.0945. The number of hydrogen-bond acceptors (Lipinski definition) is 7. The van der Waals surface area contributed by atoms with Gasteiger partial charge in [-0.25, -0.2) is 27.5 Å². The molecule has 0 aliphatic carbocycles. The zero-order valence-corrected chi connectivity index (χ0v) is 16.5. The third-order valence-corrected chi connectivity index (χ3v) is 5.93. The van der Waals surface area contributed by atoms with E-state index in [1.807, 2.05) is 0 Å². The first-order valence-corrected chi connectivity index (χ1v) is 10.5. The number of carbonyl (C=O) groups excluding carboxylic acids is 1. The Morgan fingerprint density at radius 1 is 1.18 bits per heavy atom. The quantitative estimate of drug-likeness (QED) is 0.580. The van der Waals surface area contributed by atoms with Crippen molar-refractivity contribution >= 4 is 38.9 Å². The predicted molar refractivity (Wildman–Crippen MR) is 101 cm³/mol. The molecule has 0 atom stereocenters. The molecule has 3 rings (SSSR count). The highest BCUT2D eigenvalue weighted by Crippen LogP contribution is 2.19. The fourth-order valence-corrected chi connectivity index (χ4v) is 3.87. The molecule has 2 aromatic heterocycles. The van der Waals surface area contributed by atoms with Crippen molar-refractivity contribution in [1.29, 1.82) is 0 Å². The average molecular weight is 442 g/mol. The van der Waals surface area contributed by atoms with Crippen LogP contribution in [0.15, 0.2) is 47.1 Å². The average Bonchev–Trinajstić information content (AvgIpc) is 3.20. The second-order valence-corrected chi connectivity index (χ2v) is 8.56. The van der Waals surface area contributed by atoms with Crippen LogP contribution in [0.1, 0.15) is 21.2 Å². The first-order valence-electron chi connectivity index (χ1n) is 7.77. The molecule has 0 spiro atoms. The summed E-state index contributed by atoms with van der Waals surface area (Å²) in [7, 11) is -3.91. The second-order valence-electron chi connectivity index (χ2n) is 5.40. The van der Waals surface area contributed by atoms with E-state index >= 15 is 0 Å². The Kier molecular flexibility index (Phi) is 6.29. The summed E-state index contributed by atoms with van der Waals surface area (Å²) < 4.78 is 40.0. The van der Waals surface area contributed by atoms with E-state index in [2.05, 4.69) is 25.0 Å². The van der Waals surface area contributed by atoms with Gasteiger partial charge in [0.2, 0.25) is 10.0 Å². The molecule has 12 heteroatoms. The Morgan fingerprint density at radius 2 is 2.00 bits per heavy atom. The van der Waals surface area contributed by atoms with Gasteiger partial charge in [0.1, 0.15) is 16.5 Å². The number of nitrogens with one attached hydrogen (secondary N) is 2. The SMILES string of the molecule is O=C(NCc1nccs1)c1cnc(CNS(=O)(=O)c2ccc(F)c(Cl)c2)cn1. The van der Waals surface area contributed by atoms with E-state index in [1.165, 1.54) is 23.7 Å². The van der Waals surface area contributed by atoms with Crippen molar-refractivity contribution < 1.29 is 17.6 Å². The number of halogens is 2. The van der Waals surface area contributed by atoms with Crippen LogP contribution in [0.5, 0.6) is 0 Å². The lowest BCUT2D eigenvalue weighted by atomic mass is 10.3. The van der Waals surface area contributed by atoms with Gasteiger partial charge in [-0.1, -0.05) is 11.6 Å². The number of aromatic nitrogens is 3. The highest BCUT2D eigenvalue weighted by Gasteiger charge is 2.16. The van der Waals surface area contributed by atoms with Crippen LogP contribution in [0.25, 0.3) is 0 Å². The highest BCUT2D eigenvalue weighted by molar-refractivity contribution is 7.89. The van der Waals surface area contributed by atoms with E-state index < -0.39 is 21.7 Å². The van der Waals surface area contributed by atoms with Gasteiger partial charge in [-0.15, -0.1) is 11.3 Å². The minimum absolute atomic E-state index is 0.0912. The molecule has 1 aromatic carbocycles. The molecule has 0 aliphatic rings. The topological polar surface area (TPSA) is 114 Å². The molecule has 146 valence electrons. The molecule has 28 heavy (non-hydrogen) atoms. The smallest absolute Gasteiger partial charge is 0.271 e. The van der Waals surface area contributed by atoms with Gasteiger partial charge in [-0.05, 0) is 18.2 Å². The van der Waals surface area contributed by atoms with Gasteiger partial charge < -0.3 is 5.32 Å². The normalized spacial score (nSPS) is 11.4. The Labute approximate surface area is 168 Å². The van der Waals surface area contributed by atoms with Gasteiger partial charge in [0.25, 0.3) is 5.91 Å². The maximum absolute atomic E-state index is 13.2. The summed E-state index contributed by atoms with van der Waals surface area (Å²) in [5, 5.41) is 4.92. The van der Waals surface area contributed by atoms with Gasteiger partial charge in [0, 0.05) is 11.6 Å². The van der Waals surface area contributed by atoms with E-state index in [4.69, 9.17) is 11.6 Å². The van der Waals surface area contributed by atoms with Crippen LogP contribution in [-0.2, 0) is 23.1 Å². The summed E-state index contributed by atoms with van der Waals surface area (Å²) in [6.45, 7) is 0.116. The van der Waals surface area contributed by atoms with Gasteiger partial charge in [-0.3, -0.25) is 9.78 Å². The molecule has 2 N–H and O–H groups in total. The molecule has 0 unspecified atom stereocenters. The summed E-state index contributed by atoms with van der Waals surface area (Å²) in [6.07, 6.45) is 4.18. The molecular formula is C16H13ClFN5O3S2. The zero-order valence-electron chi connectivity index (χ0n) is 14.1. The molecule has 0 saturated carbocycles. The molecule has 0 fully saturated rings. The second kappa shape index (κ2) is 8.69. The molecule has 0 radical (unpaired) electrons. The summed E-state index contributed by atoms with van der Waals surface area (Å²) in [6, 6.07) is 3.09. The van der Waals surface area contributed by atoms with E-state index in [9.17, 15) is 17.6 Å². The van der Waals surface area contributed by atoms with Crippen LogP contribution in [0, 0.1) is 5.82 Å². The molecule has 1 amide bonds. The van der Waals surface area contributed by atoms with Crippen LogP contribution in [-0.4, -0.2) is 29.3 Å². The highest BCUT2D eigenvalue weighted by atomic mass is 35.5. The fraction of sp³-hybridized carbons (Fsp3) is 0.125. The van der Waals surface area contributed by atoms with Gasteiger partial charge in [-0.2, -0.15) is 0 Å². The number of carbonyl (C=O) groups is 1. The molecule has 8 nitrogen and oxygen atoms in total. The van der Waals surface area contributed by atoms with E-state index in [0.717, 1.165) is 23.2 Å². The van der Waals surface area contributed by atoms with Crippen LogP contribution in [0.4, 0.5) is 4.39 Å². The Hall–Kier alpha value is -2.47. The maximum atomic E-state index is 13.2. The van der Waals surface area contributed by atoms with Crippen molar-refractivity contribution in [2.75, 3.05) is 0 Å². The van der Waals surface area contributed by atoms with Gasteiger partial charge in [0.05, 0.1) is 41.1 Å². The Bertz CT molecular complexity index is 1080. The largest absolute Gasteiger partial charge is 0.344 e. The minimum atomic E-state index is -3.91. The summed E-state index contributed by atoms with van der Waals surface area (Å²) >= 11 is 7.03. The maximum Gasteiger partial charge on any atom is 0.271 e. The lowest BCUT2D eigenvalue weighted by Gasteiger charge is -2.07. The Morgan fingerprint density at radius 3 is 2.64 bits per heavy atom. The number of thiazole rings is 1. The predicted octanol–water partition coefficient (Wildman–Crippen LogP) is 2.13. The van der Waals surface area contributed by atoms with Crippen molar-refractivity contribution in [3.8, 4) is 0 Å². The van der Waals surface area contributed by atoms with E-state index in [0.29, 0.717) is 5.69 Å². The lowest BCUT2D eigenvalue weighted by Crippen LogP contribution is -2.25. The van der Waals surface area contributed by atoms with E-state index in [-0.39, 0.29) is 28.7 Å². The van der Waals surface area contributed by atoms with Crippen LogP contribution in [0.2, 0.25) is 5.02 Å². The number of amides is 1. The summed E-state index contributed by atoms with van der Waals surface area (Å²) in [5.74, 6) is -1.13. The monoisotopic (exact) mass is 441 g/mol. The molecule has 0 aliphatic heterocycles. The van der Waals surface area contributed by atoms with Gasteiger partial charge in [0.15, 0.2) is 0 Å². The fourth-order valence-electron chi connectivity index (χ4n) is 2.05. The van der Waals surface area contributed by atoms with Crippen LogP contribution >= 0.6 is 22.9 Å². The third-order valence-electron chi connectivity index (χ3n) is 3.47. The minimum Gasteiger partial charge on any atom is -0.344 e. The van der Waals surface area contributed by atoms with Crippen molar-refractivity contribution in [1.82, 2.24) is 25.0 Å². The standard InChI is InChI=1S/C16H13ClFN5O3S2/c17-12-5-11(1-2-13(12)18)28(25,26)23-7-10-6-21-14(8-20-10)16(24)22-9-15-19-3-4-27-15/h1-6,8,23H,7,9H2,(H,22,24). The number of hydrogen-bond donors (Lipinski definition) is 2. The Balaban J connectivity index is 1.59. The number of rotatable bonds is 7. The van der Waals surface area contributed by atoms with Crippen molar-refractivity contribution in [2.24, 2.45) is 0 Å². The zero-order chi connectivity index (χ0) is 20.1. The molecule has 0 saturated heterocycles. The van der Waals surface area contributed by atoms with Crippen molar-refractivity contribution in [3.63, 3.8) is 0 Å². The van der Waals surface area contributed by atoms with Crippen LogP contribution in [0.3, 0.4) is 0 Å². The third kappa shape index (κ3) is 5.07. The molecule has 0 bridgehead atoms.